The van der Waals surface area contributed by atoms with Gasteiger partial charge in [0.2, 0.25) is 0 Å². The first-order valence-corrected chi connectivity index (χ1v) is 9.02. The number of hydrogen-bond acceptors (Lipinski definition) is 2. The number of benzene rings is 1. The number of rotatable bonds is 11. The fourth-order valence-electron chi connectivity index (χ4n) is 2.28. The van der Waals surface area contributed by atoms with E-state index in [2.05, 4.69) is 19.2 Å². The summed E-state index contributed by atoms with van der Waals surface area (Å²) in [6.45, 7) is 4.43. The molecule has 0 bridgehead atoms. The van der Waals surface area contributed by atoms with Gasteiger partial charge in [0.05, 0.1) is 5.88 Å². The highest BCUT2D eigenvalue weighted by atomic mass is 32.2. The van der Waals surface area contributed by atoms with Crippen LogP contribution in [0.2, 0.25) is 0 Å². The van der Waals surface area contributed by atoms with Crippen molar-refractivity contribution < 1.29 is 8.78 Å². The molecule has 1 atom stereocenters. The zero-order valence-electron chi connectivity index (χ0n) is 13.1. The Kier molecular flexibility index (Phi) is 9.48. The summed E-state index contributed by atoms with van der Waals surface area (Å²) in [4.78, 5) is 0. The molecule has 0 unspecified atom stereocenters. The Labute approximate surface area is 131 Å². The lowest BCUT2D eigenvalue weighted by molar-refractivity contribution is 0.584. The second kappa shape index (κ2) is 10.9. The fourth-order valence-corrected chi connectivity index (χ4v) is 3.33. The molecular weight excluding hydrogens is 288 g/mol. The van der Waals surface area contributed by atoms with Gasteiger partial charge in [0, 0.05) is 17.0 Å². The van der Waals surface area contributed by atoms with Gasteiger partial charge in [0.1, 0.15) is 11.6 Å². The molecule has 0 fully saturated rings. The van der Waals surface area contributed by atoms with E-state index in [-0.39, 0.29) is 0 Å². The second-order valence-electron chi connectivity index (χ2n) is 5.38. The van der Waals surface area contributed by atoms with Crippen LogP contribution < -0.4 is 5.32 Å². The van der Waals surface area contributed by atoms with E-state index in [0.29, 0.717) is 16.8 Å². The van der Waals surface area contributed by atoms with Crippen molar-refractivity contribution in [1.29, 1.82) is 0 Å². The van der Waals surface area contributed by atoms with Gasteiger partial charge in [0.15, 0.2) is 0 Å². The summed E-state index contributed by atoms with van der Waals surface area (Å²) in [6, 6.07) is 3.55. The van der Waals surface area contributed by atoms with Gasteiger partial charge >= 0.3 is 0 Å². The Morgan fingerprint density at radius 3 is 2.29 bits per heavy atom. The lowest BCUT2D eigenvalue weighted by atomic mass is 10.1. The monoisotopic (exact) mass is 315 g/mol. The van der Waals surface area contributed by atoms with Crippen LogP contribution in [0.1, 0.15) is 58.8 Å². The van der Waals surface area contributed by atoms with Crippen LogP contribution in [-0.2, 0) is 0 Å². The molecule has 1 nitrogen and oxygen atoms in total. The van der Waals surface area contributed by atoms with Crippen LogP contribution in [0.25, 0.3) is 0 Å². The second-order valence-corrected chi connectivity index (χ2v) is 6.67. The summed E-state index contributed by atoms with van der Waals surface area (Å²) in [7, 11) is 0. The van der Waals surface area contributed by atoms with Crippen LogP contribution in [0.15, 0.2) is 18.2 Å². The Balaban J connectivity index is 2.22. The maximum atomic E-state index is 13.1. The van der Waals surface area contributed by atoms with Crippen molar-refractivity contribution in [3.05, 3.63) is 29.8 Å². The van der Waals surface area contributed by atoms with Crippen LogP contribution in [0.5, 0.6) is 0 Å². The molecule has 21 heavy (non-hydrogen) atoms. The van der Waals surface area contributed by atoms with E-state index in [4.69, 9.17) is 0 Å². The Morgan fingerprint density at radius 2 is 1.67 bits per heavy atom. The van der Waals surface area contributed by atoms with Crippen molar-refractivity contribution >= 4 is 17.4 Å². The lowest BCUT2D eigenvalue weighted by Gasteiger charge is -2.15. The summed E-state index contributed by atoms with van der Waals surface area (Å²) in [5.41, 5.74) is 0.512. The molecule has 120 valence electrons. The molecule has 1 N–H and O–H groups in total. The van der Waals surface area contributed by atoms with Gasteiger partial charge < -0.3 is 5.32 Å². The first-order chi connectivity index (χ1) is 10.2. The molecule has 0 saturated carbocycles. The first-order valence-electron chi connectivity index (χ1n) is 7.97. The molecule has 4 heteroatoms. The van der Waals surface area contributed by atoms with Crippen molar-refractivity contribution in [2.45, 2.75) is 64.0 Å². The van der Waals surface area contributed by atoms with Gasteiger partial charge in [0.25, 0.3) is 0 Å². The molecule has 0 aliphatic rings. The van der Waals surface area contributed by atoms with E-state index in [0.717, 1.165) is 12.5 Å². The minimum Gasteiger partial charge on any atom is -0.376 e. The minimum absolute atomic E-state index is 0.512. The third kappa shape index (κ3) is 8.30. The van der Waals surface area contributed by atoms with E-state index in [1.165, 1.54) is 50.7 Å². The highest BCUT2D eigenvalue weighted by molar-refractivity contribution is 7.99. The predicted octanol–water partition coefficient (Wildman–Crippen LogP) is 6.21. The molecule has 0 saturated heterocycles. The quantitative estimate of drug-likeness (QED) is 0.385. The zero-order valence-corrected chi connectivity index (χ0v) is 13.9. The SMILES string of the molecule is CCCCCCC[C@H](CC)SCNc1cc(F)cc(F)c1. The first kappa shape index (κ1) is 18.3. The normalized spacial score (nSPS) is 12.4. The topological polar surface area (TPSA) is 12.0 Å². The predicted molar refractivity (Wildman–Crippen MR) is 89.9 cm³/mol. The third-order valence-corrected chi connectivity index (χ3v) is 4.89. The summed E-state index contributed by atoms with van der Waals surface area (Å²) in [6.07, 6.45) is 8.89. The molecule has 0 heterocycles. The van der Waals surface area contributed by atoms with Gasteiger partial charge in [-0.1, -0.05) is 46.0 Å². The van der Waals surface area contributed by atoms with Crippen LogP contribution in [-0.4, -0.2) is 11.1 Å². The van der Waals surface area contributed by atoms with Gasteiger partial charge in [-0.2, -0.15) is 0 Å². The average Bonchev–Trinajstić information content (AvgIpc) is 2.44. The van der Waals surface area contributed by atoms with Crippen LogP contribution >= 0.6 is 11.8 Å². The Hall–Kier alpha value is -0.770. The van der Waals surface area contributed by atoms with E-state index in [1.807, 2.05) is 11.8 Å². The summed E-state index contributed by atoms with van der Waals surface area (Å²) in [5.74, 6) is -0.382. The van der Waals surface area contributed by atoms with Crippen molar-refractivity contribution in [2.75, 3.05) is 11.2 Å². The third-order valence-electron chi connectivity index (χ3n) is 3.54. The van der Waals surface area contributed by atoms with Crippen LogP contribution in [0.3, 0.4) is 0 Å². The number of halogens is 2. The van der Waals surface area contributed by atoms with Crippen molar-refractivity contribution in [1.82, 2.24) is 0 Å². The number of nitrogens with one attached hydrogen (secondary N) is 1. The zero-order chi connectivity index (χ0) is 15.5. The smallest absolute Gasteiger partial charge is 0.128 e. The van der Waals surface area contributed by atoms with Gasteiger partial charge in [-0.25, -0.2) is 8.78 Å². The van der Waals surface area contributed by atoms with Crippen LogP contribution in [0.4, 0.5) is 14.5 Å². The number of thioether (sulfide) groups is 1. The molecule has 1 aromatic rings. The van der Waals surface area contributed by atoms with Crippen LogP contribution in [0, 0.1) is 11.6 Å². The molecule has 1 rings (SSSR count). The van der Waals surface area contributed by atoms with Gasteiger partial charge in [-0.3, -0.25) is 0 Å². The van der Waals surface area contributed by atoms with E-state index >= 15 is 0 Å². The lowest BCUT2D eigenvalue weighted by Crippen LogP contribution is -2.07. The van der Waals surface area contributed by atoms with E-state index in [9.17, 15) is 8.78 Å². The molecule has 0 spiro atoms. The summed E-state index contributed by atoms with van der Waals surface area (Å²) >= 11 is 1.84. The summed E-state index contributed by atoms with van der Waals surface area (Å²) in [5, 5.41) is 3.71. The minimum atomic E-state index is -0.537. The standard InChI is InChI=1S/C17H27F2NS/c1-3-5-6-7-8-9-17(4-2)21-13-20-16-11-14(18)10-15(19)12-16/h10-12,17,20H,3-9,13H2,1-2H3/t17-/m0/s1. The van der Waals surface area contributed by atoms with Crippen molar-refractivity contribution in [3.8, 4) is 0 Å². The largest absolute Gasteiger partial charge is 0.376 e. The van der Waals surface area contributed by atoms with E-state index < -0.39 is 11.6 Å². The van der Waals surface area contributed by atoms with Crippen molar-refractivity contribution in [2.24, 2.45) is 0 Å². The number of anilines is 1. The Morgan fingerprint density at radius 1 is 1.00 bits per heavy atom. The molecule has 0 aromatic heterocycles. The maximum absolute atomic E-state index is 13.1. The molecule has 0 aliphatic carbocycles. The maximum Gasteiger partial charge on any atom is 0.128 e. The molecule has 0 radical (unpaired) electrons. The molecule has 0 amide bonds. The molecule has 1 aromatic carbocycles. The van der Waals surface area contributed by atoms with Crippen molar-refractivity contribution in [3.63, 3.8) is 0 Å². The number of unbranched alkanes of at least 4 members (excludes halogenated alkanes) is 4. The average molecular weight is 315 g/mol. The fraction of sp³-hybridized carbons (Fsp3) is 0.647. The molecule has 0 aliphatic heterocycles. The van der Waals surface area contributed by atoms with E-state index in [1.54, 1.807) is 0 Å². The highest BCUT2D eigenvalue weighted by Gasteiger charge is 2.07. The highest BCUT2D eigenvalue weighted by Crippen LogP contribution is 2.22. The number of hydrogen-bond donors (Lipinski definition) is 1. The van der Waals surface area contributed by atoms with Gasteiger partial charge in [-0.05, 0) is 25.0 Å². The van der Waals surface area contributed by atoms with Gasteiger partial charge in [-0.15, -0.1) is 11.8 Å². The summed E-state index contributed by atoms with van der Waals surface area (Å²) < 4.78 is 26.1. The molecular formula is C17H27F2NS. The Bertz CT molecular complexity index is 378.